The van der Waals surface area contributed by atoms with E-state index in [0.717, 1.165) is 41.9 Å². The van der Waals surface area contributed by atoms with Crippen molar-refractivity contribution < 1.29 is 9.53 Å². The lowest BCUT2D eigenvalue weighted by Gasteiger charge is -2.15. The van der Waals surface area contributed by atoms with Crippen LogP contribution in [0.5, 0.6) is 5.75 Å². The van der Waals surface area contributed by atoms with Crippen LogP contribution in [0, 0.1) is 5.92 Å². The van der Waals surface area contributed by atoms with E-state index >= 15 is 0 Å². The molecule has 1 saturated heterocycles. The van der Waals surface area contributed by atoms with Crippen molar-refractivity contribution in [2.24, 2.45) is 5.92 Å². The largest absolute Gasteiger partial charge is 0.496 e. The molecule has 0 aromatic carbocycles. The van der Waals surface area contributed by atoms with Gasteiger partial charge in [-0.15, -0.1) is 11.3 Å². The summed E-state index contributed by atoms with van der Waals surface area (Å²) in [6.45, 7) is 1.78. The second kappa shape index (κ2) is 5.87. The van der Waals surface area contributed by atoms with Gasteiger partial charge in [0.25, 0.3) is 5.91 Å². The second-order valence-corrected chi connectivity index (χ2v) is 5.94. The van der Waals surface area contributed by atoms with Crippen LogP contribution in [-0.2, 0) is 0 Å². The molecular weight excluding hydrogens is 302 g/mol. The zero-order valence-corrected chi connectivity index (χ0v) is 12.2. The van der Waals surface area contributed by atoms with Gasteiger partial charge < -0.3 is 9.64 Å². The van der Waals surface area contributed by atoms with Gasteiger partial charge in [0.15, 0.2) is 0 Å². The Balaban J connectivity index is 1.96. The van der Waals surface area contributed by atoms with E-state index < -0.39 is 0 Å². The molecule has 3 nitrogen and oxygen atoms in total. The van der Waals surface area contributed by atoms with Gasteiger partial charge in [0.2, 0.25) is 0 Å². The molecule has 17 heavy (non-hydrogen) atoms. The van der Waals surface area contributed by atoms with Crippen LogP contribution in [0.25, 0.3) is 0 Å². The van der Waals surface area contributed by atoms with Crippen molar-refractivity contribution in [2.75, 3.05) is 25.5 Å². The lowest BCUT2D eigenvalue weighted by atomic mass is 10.1. The topological polar surface area (TPSA) is 29.5 Å². The van der Waals surface area contributed by atoms with Gasteiger partial charge >= 0.3 is 0 Å². The normalized spacial score (nSPS) is 19.6. The summed E-state index contributed by atoms with van der Waals surface area (Å²) in [6, 6.07) is 1.82. The summed E-state index contributed by atoms with van der Waals surface area (Å²) in [6.07, 6.45) is 2.28. The average molecular weight is 318 g/mol. The molecule has 1 unspecified atom stereocenters. The average Bonchev–Trinajstić information content (AvgIpc) is 2.97. The monoisotopic (exact) mass is 317 g/mol. The Kier molecular flexibility index (Phi) is 4.45. The Morgan fingerprint density at radius 2 is 2.53 bits per heavy atom. The molecule has 94 valence electrons. The summed E-state index contributed by atoms with van der Waals surface area (Å²) < 4.78 is 5.10. The van der Waals surface area contributed by atoms with E-state index in [9.17, 15) is 4.79 Å². The van der Waals surface area contributed by atoms with Gasteiger partial charge in [-0.2, -0.15) is 0 Å². The fourth-order valence-electron chi connectivity index (χ4n) is 2.10. The second-order valence-electron chi connectivity index (χ2n) is 4.23. The first-order valence-electron chi connectivity index (χ1n) is 5.72. The summed E-state index contributed by atoms with van der Waals surface area (Å²) in [5.41, 5.74) is 0. The number of carbonyl (C=O) groups excluding carboxylic acids is 1. The van der Waals surface area contributed by atoms with Gasteiger partial charge in [-0.05, 0) is 18.8 Å². The lowest BCUT2D eigenvalue weighted by molar-refractivity contribution is 0.0791. The third kappa shape index (κ3) is 3.01. The number of ether oxygens (including phenoxy) is 1. The minimum Gasteiger partial charge on any atom is -0.496 e. The van der Waals surface area contributed by atoms with Gasteiger partial charge in [0.1, 0.15) is 5.75 Å². The number of methoxy groups -OCH3 is 1. The standard InChI is InChI=1S/C12H16BrNO2S/c1-16-10-6-11(17-8-10)12(15)14-5-3-9(7-14)2-4-13/h6,8-9H,2-5,7H2,1H3. The van der Waals surface area contributed by atoms with Crippen LogP contribution in [0.2, 0.25) is 0 Å². The molecule has 0 bridgehead atoms. The fraction of sp³-hybridized carbons (Fsp3) is 0.583. The van der Waals surface area contributed by atoms with Crippen molar-refractivity contribution in [3.63, 3.8) is 0 Å². The van der Waals surface area contributed by atoms with E-state index in [0.29, 0.717) is 5.92 Å². The first-order valence-corrected chi connectivity index (χ1v) is 7.72. The third-order valence-corrected chi connectivity index (χ3v) is 4.47. The highest BCUT2D eigenvalue weighted by Gasteiger charge is 2.27. The number of likely N-dealkylation sites (tertiary alicyclic amines) is 1. The predicted molar refractivity (Wildman–Crippen MR) is 73.3 cm³/mol. The van der Waals surface area contributed by atoms with Crippen LogP contribution in [0.15, 0.2) is 11.4 Å². The molecule has 1 amide bonds. The molecule has 0 radical (unpaired) electrons. The van der Waals surface area contributed by atoms with Gasteiger partial charge in [-0.1, -0.05) is 15.9 Å². The molecule has 5 heteroatoms. The Bertz CT molecular complexity index is 394. The van der Waals surface area contributed by atoms with Crippen LogP contribution in [-0.4, -0.2) is 36.3 Å². The first kappa shape index (κ1) is 12.9. The van der Waals surface area contributed by atoms with Crippen LogP contribution in [0.3, 0.4) is 0 Å². The SMILES string of the molecule is COc1csc(C(=O)N2CCC(CCBr)C2)c1. The molecule has 0 aliphatic carbocycles. The van der Waals surface area contributed by atoms with E-state index in [4.69, 9.17) is 4.74 Å². The summed E-state index contributed by atoms with van der Waals surface area (Å²) in [5.74, 6) is 1.57. The molecule has 1 atom stereocenters. The summed E-state index contributed by atoms with van der Waals surface area (Å²) in [7, 11) is 1.62. The number of carbonyl (C=O) groups is 1. The number of amides is 1. The van der Waals surface area contributed by atoms with Crippen molar-refractivity contribution in [1.29, 1.82) is 0 Å². The van der Waals surface area contributed by atoms with Crippen molar-refractivity contribution in [3.8, 4) is 5.75 Å². The molecule has 1 aromatic rings. The molecule has 0 N–H and O–H groups in total. The Morgan fingerprint density at radius 1 is 1.71 bits per heavy atom. The maximum Gasteiger partial charge on any atom is 0.264 e. The smallest absolute Gasteiger partial charge is 0.264 e. The van der Waals surface area contributed by atoms with Crippen molar-refractivity contribution in [1.82, 2.24) is 4.90 Å². The number of hydrogen-bond donors (Lipinski definition) is 0. The van der Waals surface area contributed by atoms with E-state index in [1.807, 2.05) is 16.3 Å². The molecule has 1 aliphatic rings. The quantitative estimate of drug-likeness (QED) is 0.799. The highest BCUT2D eigenvalue weighted by atomic mass is 79.9. The third-order valence-electron chi connectivity index (χ3n) is 3.11. The van der Waals surface area contributed by atoms with Crippen LogP contribution in [0.1, 0.15) is 22.5 Å². The van der Waals surface area contributed by atoms with Gasteiger partial charge in [-0.3, -0.25) is 4.79 Å². The number of rotatable bonds is 4. The molecule has 2 heterocycles. The summed E-state index contributed by atoms with van der Waals surface area (Å²) in [5, 5.41) is 2.89. The zero-order valence-electron chi connectivity index (χ0n) is 9.82. The van der Waals surface area contributed by atoms with Crippen molar-refractivity contribution in [2.45, 2.75) is 12.8 Å². The van der Waals surface area contributed by atoms with E-state index in [-0.39, 0.29) is 5.91 Å². The maximum atomic E-state index is 12.2. The molecule has 0 saturated carbocycles. The Labute approximate surface area is 114 Å². The van der Waals surface area contributed by atoms with E-state index in [2.05, 4.69) is 15.9 Å². The number of thiophene rings is 1. The van der Waals surface area contributed by atoms with Crippen molar-refractivity contribution in [3.05, 3.63) is 16.3 Å². The number of halogens is 1. The molecule has 1 aromatic heterocycles. The van der Waals surface area contributed by atoms with Gasteiger partial charge in [-0.25, -0.2) is 0 Å². The molecule has 2 rings (SSSR count). The van der Waals surface area contributed by atoms with Crippen molar-refractivity contribution >= 4 is 33.2 Å². The van der Waals surface area contributed by atoms with Gasteiger partial charge in [0, 0.05) is 29.9 Å². The lowest BCUT2D eigenvalue weighted by Crippen LogP contribution is -2.28. The summed E-state index contributed by atoms with van der Waals surface area (Å²) in [4.78, 5) is 14.9. The molecular formula is C12H16BrNO2S. The number of alkyl halides is 1. The maximum absolute atomic E-state index is 12.2. The van der Waals surface area contributed by atoms with Crippen LogP contribution < -0.4 is 4.74 Å². The Hall–Kier alpha value is -0.550. The predicted octanol–water partition coefficient (Wildman–Crippen LogP) is 3.00. The van der Waals surface area contributed by atoms with Crippen LogP contribution in [0.4, 0.5) is 0 Å². The molecule has 0 spiro atoms. The fourth-order valence-corrected chi connectivity index (χ4v) is 3.57. The molecule has 1 fully saturated rings. The van der Waals surface area contributed by atoms with E-state index in [1.165, 1.54) is 11.3 Å². The molecule has 1 aliphatic heterocycles. The van der Waals surface area contributed by atoms with E-state index in [1.54, 1.807) is 7.11 Å². The first-order chi connectivity index (χ1) is 8.24. The highest BCUT2D eigenvalue weighted by molar-refractivity contribution is 9.09. The van der Waals surface area contributed by atoms with Gasteiger partial charge in [0.05, 0.1) is 12.0 Å². The highest BCUT2D eigenvalue weighted by Crippen LogP contribution is 2.26. The van der Waals surface area contributed by atoms with Crippen LogP contribution >= 0.6 is 27.3 Å². The zero-order chi connectivity index (χ0) is 12.3. The number of nitrogens with zero attached hydrogens (tertiary/aromatic N) is 1. The minimum atomic E-state index is 0.148. The number of hydrogen-bond acceptors (Lipinski definition) is 3. The minimum absolute atomic E-state index is 0.148. The Morgan fingerprint density at radius 3 is 3.18 bits per heavy atom. The summed E-state index contributed by atoms with van der Waals surface area (Å²) >= 11 is 4.91.